The molecule has 0 aromatic rings. The van der Waals surface area contributed by atoms with Crippen LogP contribution in [0.5, 0.6) is 0 Å². The fourth-order valence-corrected chi connectivity index (χ4v) is 0.774. The van der Waals surface area contributed by atoms with Gasteiger partial charge in [-0.05, 0) is 27.2 Å². The molecule has 5 nitrogen and oxygen atoms in total. The minimum Gasteiger partial charge on any atom is -0.479 e. The highest BCUT2D eigenvalue weighted by Crippen LogP contribution is 2.06. The predicted molar refractivity (Wildman–Crippen MR) is 55.6 cm³/mol. The second-order valence-corrected chi connectivity index (χ2v) is 4.08. The van der Waals surface area contributed by atoms with Crippen molar-refractivity contribution >= 4 is 11.9 Å². The van der Waals surface area contributed by atoms with Gasteiger partial charge in [0.15, 0.2) is 6.10 Å². The van der Waals surface area contributed by atoms with E-state index in [1.807, 2.05) is 20.8 Å². The summed E-state index contributed by atoms with van der Waals surface area (Å²) in [6.45, 7) is 6.91. The van der Waals surface area contributed by atoms with Crippen LogP contribution in [0.4, 0.5) is 0 Å². The van der Waals surface area contributed by atoms with E-state index in [1.54, 1.807) is 0 Å². The van der Waals surface area contributed by atoms with Crippen molar-refractivity contribution in [1.29, 1.82) is 0 Å². The van der Waals surface area contributed by atoms with E-state index in [0.29, 0.717) is 0 Å². The molecule has 0 aliphatic heterocycles. The summed E-state index contributed by atoms with van der Waals surface area (Å²) in [6.07, 6.45) is -0.159. The standard InChI is InChI=1S/C10H19NO4/c1-5-10(3,4)11-8(12)6-15-7(2)9(13)14/h7H,5-6H2,1-4H3,(H,11,12)(H,13,14). The molecule has 0 aliphatic rings. The van der Waals surface area contributed by atoms with E-state index < -0.39 is 12.1 Å². The fraction of sp³-hybridized carbons (Fsp3) is 0.800. The van der Waals surface area contributed by atoms with Gasteiger partial charge in [0.05, 0.1) is 0 Å². The Morgan fingerprint density at radius 2 is 2.00 bits per heavy atom. The van der Waals surface area contributed by atoms with E-state index in [1.165, 1.54) is 6.92 Å². The summed E-state index contributed by atoms with van der Waals surface area (Å²) in [7, 11) is 0. The van der Waals surface area contributed by atoms with Crippen LogP contribution in [0.3, 0.4) is 0 Å². The lowest BCUT2D eigenvalue weighted by molar-refractivity contribution is -0.151. The molecule has 88 valence electrons. The molecule has 1 unspecified atom stereocenters. The third kappa shape index (κ3) is 6.06. The monoisotopic (exact) mass is 217 g/mol. The number of carbonyl (C=O) groups excluding carboxylic acids is 1. The second kappa shape index (κ2) is 5.70. The zero-order valence-electron chi connectivity index (χ0n) is 9.66. The van der Waals surface area contributed by atoms with Gasteiger partial charge in [0.2, 0.25) is 5.91 Å². The molecule has 2 N–H and O–H groups in total. The molecule has 0 heterocycles. The van der Waals surface area contributed by atoms with Gasteiger partial charge in [-0.2, -0.15) is 0 Å². The van der Waals surface area contributed by atoms with E-state index in [-0.39, 0.29) is 18.1 Å². The molecule has 0 aromatic heterocycles. The third-order valence-corrected chi connectivity index (χ3v) is 2.17. The second-order valence-electron chi connectivity index (χ2n) is 4.08. The van der Waals surface area contributed by atoms with E-state index in [0.717, 1.165) is 6.42 Å². The summed E-state index contributed by atoms with van der Waals surface area (Å²) in [4.78, 5) is 21.7. The number of carboxylic acid groups (broad SMARTS) is 1. The topological polar surface area (TPSA) is 75.6 Å². The number of hydrogen-bond acceptors (Lipinski definition) is 3. The zero-order valence-corrected chi connectivity index (χ0v) is 9.66. The summed E-state index contributed by atoms with van der Waals surface area (Å²) in [5.41, 5.74) is -0.285. The smallest absolute Gasteiger partial charge is 0.332 e. The summed E-state index contributed by atoms with van der Waals surface area (Å²) in [6, 6.07) is 0. The first-order valence-electron chi connectivity index (χ1n) is 4.94. The minimum atomic E-state index is -1.07. The van der Waals surface area contributed by atoms with Gasteiger partial charge in [0.25, 0.3) is 0 Å². The minimum absolute atomic E-state index is 0.225. The molecule has 0 radical (unpaired) electrons. The van der Waals surface area contributed by atoms with Gasteiger partial charge in [-0.25, -0.2) is 4.79 Å². The Morgan fingerprint density at radius 3 is 2.40 bits per heavy atom. The number of ether oxygens (including phenoxy) is 1. The number of carbonyl (C=O) groups is 2. The van der Waals surface area contributed by atoms with Gasteiger partial charge >= 0.3 is 5.97 Å². The molecular weight excluding hydrogens is 198 g/mol. The first-order valence-corrected chi connectivity index (χ1v) is 4.94. The van der Waals surface area contributed by atoms with Crippen molar-refractivity contribution in [3.63, 3.8) is 0 Å². The van der Waals surface area contributed by atoms with Gasteiger partial charge in [0.1, 0.15) is 6.61 Å². The quantitative estimate of drug-likeness (QED) is 0.689. The average Bonchev–Trinajstić information content (AvgIpc) is 2.13. The number of aliphatic carboxylic acids is 1. The Hall–Kier alpha value is -1.10. The summed E-state index contributed by atoms with van der Waals surface area (Å²) in [5, 5.41) is 11.3. The van der Waals surface area contributed by atoms with Crippen molar-refractivity contribution < 1.29 is 19.4 Å². The highest BCUT2D eigenvalue weighted by Gasteiger charge is 2.19. The van der Waals surface area contributed by atoms with Crippen molar-refractivity contribution in [3.05, 3.63) is 0 Å². The van der Waals surface area contributed by atoms with E-state index in [2.05, 4.69) is 5.32 Å². The Balaban J connectivity index is 3.91. The van der Waals surface area contributed by atoms with Crippen molar-refractivity contribution in [3.8, 4) is 0 Å². The Labute approximate surface area is 89.8 Å². The first kappa shape index (κ1) is 13.9. The molecule has 0 bridgehead atoms. The van der Waals surface area contributed by atoms with Crippen LogP contribution >= 0.6 is 0 Å². The van der Waals surface area contributed by atoms with Crippen molar-refractivity contribution in [2.24, 2.45) is 0 Å². The number of amides is 1. The van der Waals surface area contributed by atoms with E-state index in [4.69, 9.17) is 9.84 Å². The van der Waals surface area contributed by atoms with Gasteiger partial charge < -0.3 is 15.2 Å². The van der Waals surface area contributed by atoms with E-state index in [9.17, 15) is 9.59 Å². The number of rotatable bonds is 6. The first-order chi connectivity index (χ1) is 6.78. The van der Waals surface area contributed by atoms with Gasteiger partial charge in [-0.1, -0.05) is 6.92 Å². The third-order valence-electron chi connectivity index (χ3n) is 2.17. The van der Waals surface area contributed by atoms with Crippen LogP contribution in [0, 0.1) is 0 Å². The SMILES string of the molecule is CCC(C)(C)NC(=O)COC(C)C(=O)O. The highest BCUT2D eigenvalue weighted by molar-refractivity contribution is 5.78. The molecule has 5 heteroatoms. The van der Waals surface area contributed by atoms with Crippen molar-refractivity contribution in [2.75, 3.05) is 6.61 Å². The fourth-order valence-electron chi connectivity index (χ4n) is 0.774. The number of hydrogen-bond donors (Lipinski definition) is 2. The van der Waals surface area contributed by atoms with Crippen LogP contribution in [-0.4, -0.2) is 35.2 Å². The van der Waals surface area contributed by atoms with Crippen LogP contribution in [0.2, 0.25) is 0 Å². The Kier molecular flexibility index (Phi) is 5.28. The molecule has 0 fully saturated rings. The maximum atomic E-state index is 11.3. The molecule has 0 aromatic carbocycles. The lowest BCUT2D eigenvalue weighted by Crippen LogP contribution is -2.45. The molecule has 0 spiro atoms. The molecule has 0 saturated heterocycles. The van der Waals surface area contributed by atoms with Crippen molar-refractivity contribution in [2.45, 2.75) is 45.8 Å². The largest absolute Gasteiger partial charge is 0.479 e. The number of carboxylic acids is 1. The molecule has 0 saturated carbocycles. The predicted octanol–water partition coefficient (Wildman–Crippen LogP) is 0.781. The van der Waals surface area contributed by atoms with E-state index >= 15 is 0 Å². The summed E-state index contributed by atoms with van der Waals surface area (Å²) in [5.74, 6) is -1.37. The normalized spacial score (nSPS) is 13.3. The number of nitrogens with one attached hydrogen (secondary N) is 1. The zero-order chi connectivity index (χ0) is 12.1. The Bertz CT molecular complexity index is 238. The molecule has 1 amide bonds. The van der Waals surface area contributed by atoms with Crippen LogP contribution in [0.25, 0.3) is 0 Å². The lowest BCUT2D eigenvalue weighted by atomic mass is 10.0. The summed E-state index contributed by atoms with van der Waals surface area (Å²) >= 11 is 0. The highest BCUT2D eigenvalue weighted by atomic mass is 16.5. The molecule has 15 heavy (non-hydrogen) atoms. The maximum Gasteiger partial charge on any atom is 0.332 e. The lowest BCUT2D eigenvalue weighted by Gasteiger charge is -2.24. The van der Waals surface area contributed by atoms with Crippen LogP contribution in [-0.2, 0) is 14.3 Å². The summed E-state index contributed by atoms with van der Waals surface area (Å²) < 4.78 is 4.84. The average molecular weight is 217 g/mol. The van der Waals surface area contributed by atoms with Crippen LogP contribution < -0.4 is 5.32 Å². The maximum absolute atomic E-state index is 11.3. The Morgan fingerprint density at radius 1 is 1.47 bits per heavy atom. The van der Waals surface area contributed by atoms with Crippen LogP contribution in [0.1, 0.15) is 34.1 Å². The molecular formula is C10H19NO4. The van der Waals surface area contributed by atoms with Gasteiger partial charge in [-0.15, -0.1) is 0 Å². The molecule has 0 aliphatic carbocycles. The van der Waals surface area contributed by atoms with Gasteiger partial charge in [0, 0.05) is 5.54 Å². The van der Waals surface area contributed by atoms with Gasteiger partial charge in [-0.3, -0.25) is 4.79 Å². The van der Waals surface area contributed by atoms with Crippen molar-refractivity contribution in [1.82, 2.24) is 5.32 Å². The molecule has 1 atom stereocenters. The molecule has 0 rings (SSSR count). The van der Waals surface area contributed by atoms with Crippen LogP contribution in [0.15, 0.2) is 0 Å².